The predicted octanol–water partition coefficient (Wildman–Crippen LogP) is 6.07. The molecule has 0 saturated carbocycles. The molecule has 0 radical (unpaired) electrons. The molecule has 6 heteroatoms. The predicted molar refractivity (Wildman–Crippen MR) is 153 cm³/mol. The monoisotopic (exact) mass is 502 g/mol. The van der Waals surface area contributed by atoms with Crippen molar-refractivity contribution in [3.63, 3.8) is 0 Å². The molecular formula is C32H30N4O2. The largest absolute Gasteiger partial charge is 0.495 e. The van der Waals surface area contributed by atoms with Crippen molar-refractivity contribution in [2.45, 2.75) is 19.3 Å². The molecular weight excluding hydrogens is 472 g/mol. The normalized spacial score (nSPS) is 17.3. The van der Waals surface area contributed by atoms with Crippen molar-refractivity contribution in [3.05, 3.63) is 120 Å². The van der Waals surface area contributed by atoms with E-state index in [0.717, 1.165) is 23.3 Å². The second-order valence-electron chi connectivity index (χ2n) is 10.2. The summed E-state index contributed by atoms with van der Waals surface area (Å²) in [6, 6.07) is 13.6. The molecule has 0 amide bonds. The lowest BCUT2D eigenvalue weighted by atomic mass is 9.80. The summed E-state index contributed by atoms with van der Waals surface area (Å²) in [5, 5.41) is 6.76. The maximum atomic E-state index is 5.56. The number of nitrogens with zero attached hydrogens (tertiary/aromatic N) is 2. The molecule has 2 aromatic carbocycles. The second kappa shape index (κ2) is 9.71. The first-order chi connectivity index (χ1) is 18.5. The van der Waals surface area contributed by atoms with Crippen molar-refractivity contribution in [2.75, 3.05) is 19.7 Å². The van der Waals surface area contributed by atoms with E-state index in [1.165, 1.54) is 39.0 Å². The van der Waals surface area contributed by atoms with Crippen molar-refractivity contribution in [1.29, 1.82) is 0 Å². The van der Waals surface area contributed by atoms with E-state index in [1.54, 1.807) is 24.9 Å². The van der Waals surface area contributed by atoms with Crippen LogP contribution in [0.5, 0.6) is 0 Å². The van der Waals surface area contributed by atoms with Gasteiger partial charge < -0.3 is 19.8 Å². The number of allylic oxidation sites excluding steroid dienone is 4. The fraction of sp³-hybridized carbons (Fsp3) is 0.188. The molecule has 1 aromatic heterocycles. The second-order valence-corrected chi connectivity index (χ2v) is 10.2. The first-order valence-corrected chi connectivity index (χ1v) is 12.7. The molecule has 0 bridgehead atoms. The molecule has 0 unspecified atom stereocenters. The lowest BCUT2D eigenvalue weighted by molar-refractivity contribution is 0.277. The number of rotatable bonds is 7. The van der Waals surface area contributed by atoms with E-state index >= 15 is 0 Å². The van der Waals surface area contributed by atoms with Crippen LogP contribution in [-0.2, 0) is 10.2 Å². The Labute approximate surface area is 222 Å². The quantitative estimate of drug-likeness (QED) is 0.303. The highest BCUT2D eigenvalue weighted by Crippen LogP contribution is 2.50. The van der Waals surface area contributed by atoms with Gasteiger partial charge in [0.15, 0.2) is 0 Å². The van der Waals surface area contributed by atoms with E-state index in [2.05, 4.69) is 102 Å². The topological polar surface area (TPSA) is 71.7 Å². The zero-order valence-electron chi connectivity index (χ0n) is 21.6. The zero-order valence-corrected chi connectivity index (χ0v) is 21.6. The molecule has 0 fully saturated rings. The van der Waals surface area contributed by atoms with Gasteiger partial charge in [0.1, 0.15) is 19.1 Å². The van der Waals surface area contributed by atoms with Gasteiger partial charge in [-0.1, -0.05) is 38.1 Å². The zero-order chi connectivity index (χ0) is 26.1. The van der Waals surface area contributed by atoms with Crippen molar-refractivity contribution < 1.29 is 9.15 Å². The molecule has 3 aromatic rings. The van der Waals surface area contributed by atoms with Gasteiger partial charge in [0, 0.05) is 36.5 Å². The van der Waals surface area contributed by atoms with Crippen LogP contribution in [0.1, 0.15) is 42.0 Å². The third-order valence-electron chi connectivity index (χ3n) is 7.41. The lowest BCUT2D eigenvalue weighted by Crippen LogP contribution is -2.18. The van der Waals surface area contributed by atoms with Gasteiger partial charge in [-0.3, -0.25) is 4.99 Å². The molecule has 0 saturated heterocycles. The first-order valence-electron chi connectivity index (χ1n) is 12.7. The molecule has 0 spiro atoms. The number of fused-ring (bicyclic) bond motifs is 3. The minimum Gasteiger partial charge on any atom is -0.495 e. The van der Waals surface area contributed by atoms with Crippen molar-refractivity contribution in [2.24, 2.45) is 4.99 Å². The van der Waals surface area contributed by atoms with Crippen LogP contribution >= 0.6 is 0 Å². The molecule has 3 aliphatic rings. The molecule has 6 rings (SSSR count). The number of nitrogens with one attached hydrogen (secondary N) is 2. The fourth-order valence-electron chi connectivity index (χ4n) is 5.44. The van der Waals surface area contributed by atoms with Gasteiger partial charge >= 0.3 is 0 Å². The summed E-state index contributed by atoms with van der Waals surface area (Å²) in [7, 11) is 0. The van der Waals surface area contributed by atoms with Gasteiger partial charge in [0.2, 0.25) is 5.89 Å². The Hall–Kier alpha value is -4.58. The van der Waals surface area contributed by atoms with Gasteiger partial charge in [0.25, 0.3) is 0 Å². The molecule has 190 valence electrons. The molecule has 38 heavy (non-hydrogen) atoms. The SMILES string of the molecule is C=N/C=C\OCC1=CC(c2ccc3c(c2)C(C)(C)c2cc(C4=CNCC(c5ncco5)=C4)ccc2-3)=CNC1. The van der Waals surface area contributed by atoms with Crippen LogP contribution in [0.2, 0.25) is 0 Å². The van der Waals surface area contributed by atoms with Gasteiger partial charge in [0.05, 0.1) is 12.4 Å². The van der Waals surface area contributed by atoms with Crippen LogP contribution in [0.15, 0.2) is 101 Å². The highest BCUT2D eigenvalue weighted by atomic mass is 16.5. The summed E-state index contributed by atoms with van der Waals surface area (Å²) in [5.41, 5.74) is 12.0. The van der Waals surface area contributed by atoms with Crippen LogP contribution in [0.3, 0.4) is 0 Å². The Morgan fingerprint density at radius 1 is 1.00 bits per heavy atom. The number of hydrogen-bond donors (Lipinski definition) is 2. The maximum Gasteiger partial charge on any atom is 0.223 e. The summed E-state index contributed by atoms with van der Waals surface area (Å²) in [5.74, 6) is 0.657. The van der Waals surface area contributed by atoms with Crippen LogP contribution in [0.4, 0.5) is 0 Å². The number of aromatic nitrogens is 1. The van der Waals surface area contributed by atoms with E-state index in [0.29, 0.717) is 19.0 Å². The van der Waals surface area contributed by atoms with Crippen LogP contribution < -0.4 is 10.6 Å². The minimum atomic E-state index is -0.130. The summed E-state index contributed by atoms with van der Waals surface area (Å²) in [4.78, 5) is 7.99. The van der Waals surface area contributed by atoms with E-state index < -0.39 is 0 Å². The van der Waals surface area contributed by atoms with Gasteiger partial charge in [-0.15, -0.1) is 0 Å². The third-order valence-corrected chi connectivity index (χ3v) is 7.41. The number of hydrogen-bond acceptors (Lipinski definition) is 6. The molecule has 2 aliphatic heterocycles. The summed E-state index contributed by atoms with van der Waals surface area (Å²) < 4.78 is 11.1. The molecule has 0 atom stereocenters. The first kappa shape index (κ1) is 23.8. The summed E-state index contributed by atoms with van der Waals surface area (Å²) >= 11 is 0. The van der Waals surface area contributed by atoms with Crippen LogP contribution in [0.25, 0.3) is 27.8 Å². The molecule has 3 heterocycles. The fourth-order valence-corrected chi connectivity index (χ4v) is 5.44. The average Bonchev–Trinajstić information content (AvgIpc) is 3.57. The van der Waals surface area contributed by atoms with Crippen molar-refractivity contribution >= 4 is 23.4 Å². The highest BCUT2D eigenvalue weighted by molar-refractivity contribution is 5.89. The van der Waals surface area contributed by atoms with Gasteiger partial charge in [-0.2, -0.15) is 0 Å². The summed E-state index contributed by atoms with van der Waals surface area (Å²) in [6.07, 6.45) is 14.9. The number of aliphatic imine (C=N–C) groups is 1. The average molecular weight is 503 g/mol. The van der Waals surface area contributed by atoms with E-state index in [-0.39, 0.29) is 5.41 Å². The number of oxazole rings is 1. The Morgan fingerprint density at radius 2 is 1.68 bits per heavy atom. The van der Waals surface area contributed by atoms with Gasteiger partial charge in [-0.25, -0.2) is 4.98 Å². The van der Waals surface area contributed by atoms with E-state index in [4.69, 9.17) is 9.15 Å². The smallest absolute Gasteiger partial charge is 0.223 e. The van der Waals surface area contributed by atoms with E-state index in [9.17, 15) is 0 Å². The van der Waals surface area contributed by atoms with Crippen LogP contribution in [-0.4, -0.2) is 31.4 Å². The van der Waals surface area contributed by atoms with Crippen molar-refractivity contribution in [1.82, 2.24) is 15.6 Å². The number of ether oxygens (including phenoxy) is 1. The lowest BCUT2D eigenvalue weighted by Gasteiger charge is -2.23. The Morgan fingerprint density at radius 3 is 2.34 bits per heavy atom. The summed E-state index contributed by atoms with van der Waals surface area (Å²) in [6.45, 7) is 10.0. The maximum absolute atomic E-state index is 5.56. The number of benzene rings is 2. The Balaban J connectivity index is 1.29. The molecule has 1 aliphatic carbocycles. The highest BCUT2D eigenvalue weighted by Gasteiger charge is 2.36. The Bertz CT molecular complexity index is 1550. The molecule has 2 N–H and O–H groups in total. The van der Waals surface area contributed by atoms with Crippen molar-refractivity contribution in [3.8, 4) is 11.1 Å². The minimum absolute atomic E-state index is 0.130. The van der Waals surface area contributed by atoms with Gasteiger partial charge in [-0.05, 0) is 81.1 Å². The molecule has 6 nitrogen and oxygen atoms in total. The Kier molecular flexibility index (Phi) is 6.08. The number of dihydropyridines is 2. The van der Waals surface area contributed by atoms with Crippen LogP contribution in [0, 0.1) is 0 Å². The van der Waals surface area contributed by atoms with E-state index in [1.807, 2.05) is 0 Å². The third kappa shape index (κ3) is 4.28. The standard InChI is InChI=1S/C32H30N4O2/c1-32(2)29-14-22(24-12-21(16-34-17-24)20-37-10-8-33-3)4-6-27(29)28-7-5-23(15-30(28)32)25-13-26(19-35-18-25)31-36-9-11-38-31/h4-15,17-18,34-35H,3,16,19-20H2,1-2H3/b10-8-.